The fourth-order valence-corrected chi connectivity index (χ4v) is 2.89. The van der Waals surface area contributed by atoms with Crippen molar-refractivity contribution in [3.63, 3.8) is 0 Å². The Balaban J connectivity index is 2.33. The van der Waals surface area contributed by atoms with Crippen LogP contribution in [0.2, 0.25) is 5.02 Å². The molecule has 104 valence electrons. The molecule has 1 aliphatic rings. The highest BCUT2D eigenvalue weighted by atomic mass is 35.5. The highest BCUT2D eigenvalue weighted by molar-refractivity contribution is 6.33. The quantitative estimate of drug-likeness (QED) is 0.853. The maximum Gasteiger partial charge on any atom is 0.153 e. The summed E-state index contributed by atoms with van der Waals surface area (Å²) in [6.07, 6.45) is 1.14. The van der Waals surface area contributed by atoms with Crippen LogP contribution < -0.4 is 4.90 Å². The number of hydrogen-bond donors (Lipinski definition) is 1. The van der Waals surface area contributed by atoms with E-state index in [1.165, 1.54) is 0 Å². The maximum absolute atomic E-state index is 11.2. The number of aldehydes is 1. The highest BCUT2D eigenvalue weighted by Gasteiger charge is 2.32. The van der Waals surface area contributed by atoms with Crippen molar-refractivity contribution in [2.24, 2.45) is 0 Å². The van der Waals surface area contributed by atoms with Crippen LogP contribution in [0, 0.1) is 0 Å². The average molecular weight is 283 g/mol. The summed E-state index contributed by atoms with van der Waals surface area (Å²) in [4.78, 5) is 15.4. The lowest BCUT2D eigenvalue weighted by molar-refractivity contribution is 0.112. The Morgan fingerprint density at radius 3 is 2.89 bits per heavy atom. The molecule has 1 saturated heterocycles. The predicted octanol–water partition coefficient (Wildman–Crippen LogP) is 1.65. The van der Waals surface area contributed by atoms with Crippen LogP contribution in [-0.2, 0) is 0 Å². The molecule has 2 rings (SSSR count). The Labute approximate surface area is 118 Å². The van der Waals surface area contributed by atoms with Crippen molar-refractivity contribution in [3.8, 4) is 0 Å². The first-order chi connectivity index (χ1) is 9.02. The summed E-state index contributed by atoms with van der Waals surface area (Å²) in [5, 5.41) is 10.4. The number of carbonyl (C=O) groups is 1. The lowest BCUT2D eigenvalue weighted by Crippen LogP contribution is -2.38. The molecule has 0 radical (unpaired) electrons. The zero-order valence-electron chi connectivity index (χ0n) is 11.2. The standard InChI is InChI=1S/C14H19ClN2O2/c1-16(2)7-10-6-11(19)8-17(10)14-5-3-4-13(15)12(14)9-18/h3-5,9-11,19H,6-8H2,1-2H3. The van der Waals surface area contributed by atoms with Gasteiger partial charge in [-0.25, -0.2) is 0 Å². The van der Waals surface area contributed by atoms with Crippen LogP contribution in [0.5, 0.6) is 0 Å². The average Bonchev–Trinajstić information content (AvgIpc) is 2.68. The van der Waals surface area contributed by atoms with Crippen LogP contribution >= 0.6 is 11.6 Å². The molecule has 1 aromatic rings. The largest absolute Gasteiger partial charge is 0.391 e. The second kappa shape index (κ2) is 5.90. The molecule has 0 amide bonds. The van der Waals surface area contributed by atoms with Gasteiger partial charge in [0.15, 0.2) is 6.29 Å². The minimum Gasteiger partial charge on any atom is -0.391 e. The van der Waals surface area contributed by atoms with E-state index in [0.29, 0.717) is 23.6 Å². The number of aliphatic hydroxyl groups excluding tert-OH is 1. The number of likely N-dealkylation sites (N-methyl/N-ethyl adjacent to an activating group) is 1. The van der Waals surface area contributed by atoms with E-state index in [9.17, 15) is 9.90 Å². The van der Waals surface area contributed by atoms with Gasteiger partial charge < -0.3 is 14.9 Å². The number of β-amino-alcohol motifs (C(OH)–C–C–N with tert-alkyl or cyclic N) is 1. The fourth-order valence-electron chi connectivity index (χ4n) is 2.67. The first-order valence-corrected chi connectivity index (χ1v) is 6.74. The van der Waals surface area contributed by atoms with Gasteiger partial charge in [0.05, 0.1) is 16.7 Å². The Morgan fingerprint density at radius 1 is 1.53 bits per heavy atom. The number of rotatable bonds is 4. The number of benzene rings is 1. The molecule has 1 heterocycles. The Morgan fingerprint density at radius 2 is 2.26 bits per heavy atom. The van der Waals surface area contributed by atoms with Gasteiger partial charge in [-0.2, -0.15) is 0 Å². The zero-order valence-corrected chi connectivity index (χ0v) is 12.0. The van der Waals surface area contributed by atoms with E-state index in [1.54, 1.807) is 6.07 Å². The van der Waals surface area contributed by atoms with Gasteiger partial charge in [0.2, 0.25) is 0 Å². The van der Waals surface area contributed by atoms with Crippen molar-refractivity contribution in [1.29, 1.82) is 0 Å². The summed E-state index contributed by atoms with van der Waals surface area (Å²) in [7, 11) is 4.00. The van der Waals surface area contributed by atoms with E-state index in [2.05, 4.69) is 9.80 Å². The predicted molar refractivity (Wildman–Crippen MR) is 77.2 cm³/mol. The van der Waals surface area contributed by atoms with Crippen molar-refractivity contribution in [2.45, 2.75) is 18.6 Å². The van der Waals surface area contributed by atoms with Gasteiger partial charge in [-0.1, -0.05) is 17.7 Å². The molecule has 2 unspecified atom stereocenters. The summed E-state index contributed by atoms with van der Waals surface area (Å²) < 4.78 is 0. The molecule has 0 bridgehead atoms. The number of anilines is 1. The molecule has 1 N–H and O–H groups in total. The topological polar surface area (TPSA) is 43.8 Å². The van der Waals surface area contributed by atoms with Gasteiger partial charge in [0, 0.05) is 24.8 Å². The number of halogens is 1. The van der Waals surface area contributed by atoms with Crippen molar-refractivity contribution in [2.75, 3.05) is 32.1 Å². The molecule has 0 aromatic heterocycles. The lowest BCUT2D eigenvalue weighted by atomic mass is 10.1. The summed E-state index contributed by atoms with van der Waals surface area (Å²) in [5.41, 5.74) is 1.31. The van der Waals surface area contributed by atoms with E-state index >= 15 is 0 Å². The lowest BCUT2D eigenvalue weighted by Gasteiger charge is -2.29. The zero-order chi connectivity index (χ0) is 14.0. The summed E-state index contributed by atoms with van der Waals surface area (Å²) >= 11 is 6.07. The van der Waals surface area contributed by atoms with Gasteiger partial charge in [-0.15, -0.1) is 0 Å². The summed E-state index contributed by atoms with van der Waals surface area (Å²) in [5.74, 6) is 0. The molecule has 5 heteroatoms. The van der Waals surface area contributed by atoms with Gasteiger partial charge in [0.1, 0.15) is 0 Å². The third-order valence-electron chi connectivity index (χ3n) is 3.43. The second-order valence-corrected chi connectivity index (χ2v) is 5.66. The van der Waals surface area contributed by atoms with Crippen molar-refractivity contribution >= 4 is 23.6 Å². The van der Waals surface area contributed by atoms with Gasteiger partial charge in [0.25, 0.3) is 0 Å². The number of hydrogen-bond acceptors (Lipinski definition) is 4. The van der Waals surface area contributed by atoms with E-state index < -0.39 is 0 Å². The Bertz CT molecular complexity index is 465. The van der Waals surface area contributed by atoms with Crippen molar-refractivity contribution in [1.82, 2.24) is 4.90 Å². The molecule has 4 nitrogen and oxygen atoms in total. The normalized spacial score (nSPS) is 23.1. The number of aliphatic hydroxyl groups is 1. The van der Waals surface area contributed by atoms with Crippen molar-refractivity contribution < 1.29 is 9.90 Å². The van der Waals surface area contributed by atoms with Crippen LogP contribution in [0.25, 0.3) is 0 Å². The maximum atomic E-state index is 11.2. The Kier molecular flexibility index (Phi) is 4.45. The minimum absolute atomic E-state index is 0.196. The molecule has 1 fully saturated rings. The first kappa shape index (κ1) is 14.3. The molecule has 0 aliphatic carbocycles. The van der Waals surface area contributed by atoms with Crippen LogP contribution in [0.3, 0.4) is 0 Å². The van der Waals surface area contributed by atoms with Gasteiger partial charge in [-0.05, 0) is 32.6 Å². The molecule has 2 atom stereocenters. The molecule has 1 aliphatic heterocycles. The second-order valence-electron chi connectivity index (χ2n) is 5.25. The third-order valence-corrected chi connectivity index (χ3v) is 3.76. The molecule has 1 aromatic carbocycles. The van der Waals surface area contributed by atoms with E-state index in [1.807, 2.05) is 26.2 Å². The molecule has 0 spiro atoms. The number of nitrogens with zero attached hydrogens (tertiary/aromatic N) is 2. The SMILES string of the molecule is CN(C)CC1CC(O)CN1c1cccc(Cl)c1C=O. The third kappa shape index (κ3) is 3.08. The smallest absolute Gasteiger partial charge is 0.153 e. The summed E-state index contributed by atoms with van der Waals surface area (Å²) in [6, 6.07) is 5.63. The van der Waals surface area contributed by atoms with E-state index in [0.717, 1.165) is 18.5 Å². The minimum atomic E-state index is -0.358. The fraction of sp³-hybridized carbons (Fsp3) is 0.500. The molecule has 19 heavy (non-hydrogen) atoms. The van der Waals surface area contributed by atoms with Crippen LogP contribution in [0.15, 0.2) is 18.2 Å². The van der Waals surface area contributed by atoms with Gasteiger partial charge in [-0.3, -0.25) is 4.79 Å². The van der Waals surface area contributed by atoms with Crippen LogP contribution in [0.4, 0.5) is 5.69 Å². The monoisotopic (exact) mass is 282 g/mol. The molecule has 0 saturated carbocycles. The van der Waals surface area contributed by atoms with Gasteiger partial charge >= 0.3 is 0 Å². The Hall–Kier alpha value is -1.10. The molecular formula is C14H19ClN2O2. The first-order valence-electron chi connectivity index (χ1n) is 6.36. The highest BCUT2D eigenvalue weighted by Crippen LogP contribution is 2.31. The molecular weight excluding hydrogens is 264 g/mol. The van der Waals surface area contributed by atoms with E-state index in [4.69, 9.17) is 11.6 Å². The summed E-state index contributed by atoms with van der Waals surface area (Å²) in [6.45, 7) is 1.38. The van der Waals surface area contributed by atoms with E-state index in [-0.39, 0.29) is 12.1 Å². The number of carbonyl (C=O) groups excluding carboxylic acids is 1. The van der Waals surface area contributed by atoms with Crippen LogP contribution in [-0.4, -0.2) is 55.6 Å². The van der Waals surface area contributed by atoms with Crippen LogP contribution in [0.1, 0.15) is 16.8 Å². The van der Waals surface area contributed by atoms with Crippen molar-refractivity contribution in [3.05, 3.63) is 28.8 Å².